The summed E-state index contributed by atoms with van der Waals surface area (Å²) in [6.07, 6.45) is 2.24. The minimum absolute atomic E-state index is 0.0136. The molecule has 1 aliphatic heterocycles. The summed E-state index contributed by atoms with van der Waals surface area (Å²) in [6.45, 7) is 7.20. The van der Waals surface area contributed by atoms with Crippen LogP contribution in [0.25, 0.3) is 0 Å². The molecule has 0 saturated carbocycles. The second kappa shape index (κ2) is 8.11. The molecule has 1 aliphatic rings. The van der Waals surface area contributed by atoms with Gasteiger partial charge in [-0.3, -0.25) is 9.59 Å². The van der Waals surface area contributed by atoms with Crippen LogP contribution in [0.15, 0.2) is 18.2 Å². The predicted octanol–water partition coefficient (Wildman–Crippen LogP) is 2.21. The summed E-state index contributed by atoms with van der Waals surface area (Å²) < 4.78 is 5.37. The molecule has 0 bridgehead atoms. The fourth-order valence-corrected chi connectivity index (χ4v) is 3.01. The summed E-state index contributed by atoms with van der Waals surface area (Å²) in [7, 11) is 0. The number of benzene rings is 1. The fraction of sp³-hybridized carbons (Fsp3) is 0.556. The second-order valence-electron chi connectivity index (χ2n) is 5.90. The van der Waals surface area contributed by atoms with Crippen molar-refractivity contribution in [2.45, 2.75) is 46.1 Å². The lowest BCUT2D eigenvalue weighted by molar-refractivity contribution is -0.130. The molecule has 126 valence electrons. The van der Waals surface area contributed by atoms with Crippen molar-refractivity contribution >= 4 is 17.5 Å². The first-order chi connectivity index (χ1) is 11.0. The fourth-order valence-electron chi connectivity index (χ4n) is 3.01. The largest absolute Gasteiger partial charge is 0.368 e. The number of hydrogen-bond donors (Lipinski definition) is 1. The Morgan fingerprint density at radius 3 is 2.78 bits per heavy atom. The average molecular weight is 318 g/mol. The van der Waals surface area contributed by atoms with Crippen molar-refractivity contribution < 1.29 is 14.3 Å². The molecule has 1 fully saturated rings. The van der Waals surface area contributed by atoms with Gasteiger partial charge in [0, 0.05) is 32.3 Å². The number of anilines is 1. The van der Waals surface area contributed by atoms with Crippen LogP contribution in [0.4, 0.5) is 5.69 Å². The van der Waals surface area contributed by atoms with E-state index in [-0.39, 0.29) is 17.9 Å². The van der Waals surface area contributed by atoms with Crippen LogP contribution in [0.2, 0.25) is 0 Å². The Balaban J connectivity index is 2.02. The molecule has 1 heterocycles. The Bertz CT molecular complexity index is 565. The van der Waals surface area contributed by atoms with Crippen molar-refractivity contribution in [1.82, 2.24) is 5.32 Å². The highest BCUT2D eigenvalue weighted by Crippen LogP contribution is 2.25. The molecule has 1 unspecified atom stereocenters. The number of rotatable bonds is 6. The molecule has 0 aliphatic carbocycles. The second-order valence-corrected chi connectivity index (χ2v) is 5.90. The zero-order valence-corrected chi connectivity index (χ0v) is 14.2. The molecule has 0 aromatic heterocycles. The molecule has 5 heteroatoms. The molecule has 1 N–H and O–H groups in total. The molecule has 2 rings (SSSR count). The van der Waals surface area contributed by atoms with Crippen molar-refractivity contribution in [2.75, 3.05) is 24.6 Å². The van der Waals surface area contributed by atoms with E-state index in [2.05, 4.69) is 12.2 Å². The Morgan fingerprint density at radius 2 is 2.17 bits per heavy atom. The van der Waals surface area contributed by atoms with E-state index in [4.69, 9.17) is 4.74 Å². The van der Waals surface area contributed by atoms with Gasteiger partial charge in [0.1, 0.15) is 6.10 Å². The van der Waals surface area contributed by atoms with Crippen LogP contribution in [0.3, 0.4) is 0 Å². The Hall–Kier alpha value is -1.88. The molecule has 1 atom stereocenters. The number of hydrogen-bond acceptors (Lipinski definition) is 3. The van der Waals surface area contributed by atoms with Gasteiger partial charge in [-0.2, -0.15) is 0 Å². The topological polar surface area (TPSA) is 58.6 Å². The molecule has 0 radical (unpaired) electrons. The summed E-state index contributed by atoms with van der Waals surface area (Å²) in [5, 5.41) is 2.88. The van der Waals surface area contributed by atoms with E-state index in [9.17, 15) is 9.59 Å². The van der Waals surface area contributed by atoms with Crippen molar-refractivity contribution in [3.8, 4) is 0 Å². The van der Waals surface area contributed by atoms with Crippen LogP contribution in [0, 0.1) is 6.92 Å². The number of carbonyl (C=O) groups is 2. The zero-order chi connectivity index (χ0) is 16.8. The van der Waals surface area contributed by atoms with E-state index in [0.29, 0.717) is 19.7 Å². The van der Waals surface area contributed by atoms with Gasteiger partial charge < -0.3 is 15.0 Å². The highest BCUT2D eigenvalue weighted by Gasteiger charge is 2.23. The number of para-hydroxylation sites is 1. The highest BCUT2D eigenvalue weighted by molar-refractivity contribution is 5.93. The highest BCUT2D eigenvalue weighted by atomic mass is 16.5. The number of nitrogens with one attached hydrogen (secondary N) is 1. The summed E-state index contributed by atoms with van der Waals surface area (Å²) in [5.41, 5.74) is 3.18. The Labute approximate surface area is 138 Å². The third kappa shape index (κ3) is 4.32. The van der Waals surface area contributed by atoms with Gasteiger partial charge in [0.25, 0.3) is 0 Å². The van der Waals surface area contributed by atoms with Crippen LogP contribution in [0.5, 0.6) is 0 Å². The van der Waals surface area contributed by atoms with Crippen LogP contribution < -0.4 is 10.2 Å². The number of nitrogens with zero attached hydrogens (tertiary/aromatic N) is 1. The van der Waals surface area contributed by atoms with Crippen LogP contribution >= 0.6 is 0 Å². The normalized spacial score (nSPS) is 17.1. The quantitative estimate of drug-likeness (QED) is 0.875. The first kappa shape index (κ1) is 17.5. The van der Waals surface area contributed by atoms with E-state index in [1.807, 2.05) is 25.1 Å². The van der Waals surface area contributed by atoms with Gasteiger partial charge >= 0.3 is 0 Å². The summed E-state index contributed by atoms with van der Waals surface area (Å²) in [6, 6.07) is 6.06. The minimum atomic E-state index is -0.328. The van der Waals surface area contributed by atoms with E-state index in [0.717, 1.165) is 36.1 Å². The lowest BCUT2D eigenvalue weighted by atomic mass is 10.0. The third-order valence-corrected chi connectivity index (χ3v) is 4.21. The molecule has 1 aromatic carbocycles. The molecule has 1 aromatic rings. The minimum Gasteiger partial charge on any atom is -0.368 e. The third-order valence-electron chi connectivity index (χ3n) is 4.21. The Kier molecular flexibility index (Phi) is 6.16. The van der Waals surface area contributed by atoms with Gasteiger partial charge in [-0.25, -0.2) is 0 Å². The number of amides is 2. The summed E-state index contributed by atoms with van der Waals surface area (Å²) in [4.78, 5) is 25.8. The van der Waals surface area contributed by atoms with Crippen molar-refractivity contribution in [3.05, 3.63) is 29.3 Å². The first-order valence-corrected chi connectivity index (χ1v) is 8.30. The van der Waals surface area contributed by atoms with Gasteiger partial charge in [0.15, 0.2) is 0 Å². The smallest absolute Gasteiger partial charge is 0.249 e. The number of carbonyl (C=O) groups excluding carboxylic acids is 2. The molecule has 1 saturated heterocycles. The average Bonchev–Trinajstić information content (AvgIpc) is 3.06. The lowest BCUT2D eigenvalue weighted by Gasteiger charge is -2.26. The number of aryl methyl sites for hydroxylation is 2. The van der Waals surface area contributed by atoms with Crippen molar-refractivity contribution in [3.63, 3.8) is 0 Å². The van der Waals surface area contributed by atoms with E-state index < -0.39 is 0 Å². The van der Waals surface area contributed by atoms with Gasteiger partial charge in [-0.15, -0.1) is 0 Å². The van der Waals surface area contributed by atoms with Crippen LogP contribution in [0.1, 0.15) is 37.8 Å². The number of ether oxygens (including phenoxy) is 1. The zero-order valence-electron chi connectivity index (χ0n) is 14.2. The van der Waals surface area contributed by atoms with Crippen molar-refractivity contribution in [2.24, 2.45) is 0 Å². The molecular formula is C18H26N2O3. The maximum atomic E-state index is 12.1. The summed E-state index contributed by atoms with van der Waals surface area (Å²) >= 11 is 0. The first-order valence-electron chi connectivity index (χ1n) is 8.30. The molecule has 2 amide bonds. The van der Waals surface area contributed by atoms with E-state index in [1.165, 1.54) is 0 Å². The standard InChI is InChI=1S/C18H26N2O3/c1-4-15-8-5-7-13(2)17(15)20(14(3)21)11-10-19-18(22)16-9-6-12-23-16/h5,7-8,16H,4,6,9-12H2,1-3H3,(H,19,22). The van der Waals surface area contributed by atoms with Gasteiger partial charge in [0.05, 0.1) is 0 Å². The molecule has 23 heavy (non-hydrogen) atoms. The molecule has 0 spiro atoms. The Morgan fingerprint density at radius 1 is 1.39 bits per heavy atom. The SMILES string of the molecule is CCc1cccc(C)c1N(CCNC(=O)C1CCCO1)C(C)=O. The lowest BCUT2D eigenvalue weighted by Crippen LogP contribution is -2.41. The van der Waals surface area contributed by atoms with Crippen molar-refractivity contribution in [1.29, 1.82) is 0 Å². The molecule has 5 nitrogen and oxygen atoms in total. The molecular weight excluding hydrogens is 292 g/mol. The van der Waals surface area contributed by atoms with Gasteiger partial charge in [0.2, 0.25) is 11.8 Å². The maximum Gasteiger partial charge on any atom is 0.249 e. The monoisotopic (exact) mass is 318 g/mol. The van der Waals surface area contributed by atoms with E-state index >= 15 is 0 Å². The van der Waals surface area contributed by atoms with E-state index in [1.54, 1.807) is 11.8 Å². The predicted molar refractivity (Wildman–Crippen MR) is 90.6 cm³/mol. The maximum absolute atomic E-state index is 12.1. The van der Waals surface area contributed by atoms with Crippen LogP contribution in [-0.4, -0.2) is 37.6 Å². The summed E-state index contributed by atoms with van der Waals surface area (Å²) in [5.74, 6) is -0.0909. The van der Waals surface area contributed by atoms with Crippen LogP contribution in [-0.2, 0) is 20.7 Å². The van der Waals surface area contributed by atoms with Gasteiger partial charge in [-0.1, -0.05) is 25.1 Å². The van der Waals surface area contributed by atoms with Gasteiger partial charge in [-0.05, 0) is 37.3 Å².